The highest BCUT2D eigenvalue weighted by molar-refractivity contribution is 5.75. The average Bonchev–Trinajstić information content (AvgIpc) is 2.99. The standard InChI is InChI=1S/C14H18N4O3/c1-20-9-3-8-16-12(19)5-6-13-17-14(18-21-13)11-4-2-7-15-10-11/h2,4,7,10H,3,5-6,8-9H2,1H3,(H,16,19). The number of hydrogen-bond acceptors (Lipinski definition) is 6. The van der Waals surface area contributed by atoms with E-state index >= 15 is 0 Å². The fourth-order valence-corrected chi connectivity index (χ4v) is 1.72. The lowest BCUT2D eigenvalue weighted by molar-refractivity contribution is -0.121. The van der Waals surface area contributed by atoms with Crippen molar-refractivity contribution in [1.29, 1.82) is 0 Å². The Kier molecular flexibility index (Phi) is 5.83. The zero-order valence-electron chi connectivity index (χ0n) is 11.9. The van der Waals surface area contributed by atoms with Gasteiger partial charge < -0.3 is 14.6 Å². The predicted molar refractivity (Wildman–Crippen MR) is 75.4 cm³/mol. The molecule has 0 aliphatic rings. The van der Waals surface area contributed by atoms with Crippen LogP contribution < -0.4 is 5.32 Å². The van der Waals surface area contributed by atoms with Crippen molar-refractivity contribution in [2.24, 2.45) is 0 Å². The number of amides is 1. The van der Waals surface area contributed by atoms with Gasteiger partial charge in [-0.25, -0.2) is 0 Å². The monoisotopic (exact) mass is 290 g/mol. The van der Waals surface area contributed by atoms with Crippen LogP contribution in [-0.4, -0.2) is 41.3 Å². The maximum Gasteiger partial charge on any atom is 0.227 e. The molecule has 21 heavy (non-hydrogen) atoms. The summed E-state index contributed by atoms with van der Waals surface area (Å²) in [5.74, 6) is 0.895. The van der Waals surface area contributed by atoms with Gasteiger partial charge in [-0.2, -0.15) is 4.98 Å². The maximum atomic E-state index is 11.6. The first-order valence-corrected chi connectivity index (χ1v) is 6.78. The molecule has 0 fully saturated rings. The predicted octanol–water partition coefficient (Wildman–Crippen LogP) is 1.22. The summed E-state index contributed by atoms with van der Waals surface area (Å²) in [7, 11) is 1.64. The van der Waals surface area contributed by atoms with Crippen molar-refractivity contribution >= 4 is 5.91 Å². The van der Waals surface area contributed by atoms with Gasteiger partial charge in [-0.15, -0.1) is 0 Å². The molecule has 0 radical (unpaired) electrons. The molecule has 0 aliphatic carbocycles. The lowest BCUT2D eigenvalue weighted by Crippen LogP contribution is -2.25. The number of carbonyl (C=O) groups is 1. The molecule has 0 atom stereocenters. The molecule has 0 unspecified atom stereocenters. The van der Waals surface area contributed by atoms with E-state index in [1.165, 1.54) is 0 Å². The fraction of sp³-hybridized carbons (Fsp3) is 0.429. The smallest absolute Gasteiger partial charge is 0.227 e. The number of hydrogen-bond donors (Lipinski definition) is 1. The molecular formula is C14H18N4O3. The van der Waals surface area contributed by atoms with Crippen LogP contribution in [0.2, 0.25) is 0 Å². The van der Waals surface area contributed by atoms with Gasteiger partial charge in [-0.05, 0) is 18.6 Å². The molecule has 0 aliphatic heterocycles. The molecule has 0 bridgehead atoms. The lowest BCUT2D eigenvalue weighted by Gasteiger charge is -2.02. The second-order valence-electron chi connectivity index (χ2n) is 4.45. The number of methoxy groups -OCH3 is 1. The van der Waals surface area contributed by atoms with Crippen molar-refractivity contribution in [1.82, 2.24) is 20.4 Å². The normalized spacial score (nSPS) is 10.5. The van der Waals surface area contributed by atoms with E-state index in [1.54, 1.807) is 25.6 Å². The minimum absolute atomic E-state index is 0.0350. The van der Waals surface area contributed by atoms with E-state index in [0.717, 1.165) is 12.0 Å². The van der Waals surface area contributed by atoms with Gasteiger partial charge in [-0.1, -0.05) is 5.16 Å². The van der Waals surface area contributed by atoms with Crippen LogP contribution in [-0.2, 0) is 16.0 Å². The van der Waals surface area contributed by atoms with E-state index in [1.807, 2.05) is 6.07 Å². The number of ether oxygens (including phenoxy) is 1. The second kappa shape index (κ2) is 8.11. The molecule has 2 rings (SSSR count). The summed E-state index contributed by atoms with van der Waals surface area (Å²) in [4.78, 5) is 19.8. The third kappa shape index (κ3) is 4.96. The lowest BCUT2D eigenvalue weighted by atomic mass is 10.2. The van der Waals surface area contributed by atoms with Gasteiger partial charge in [-0.3, -0.25) is 9.78 Å². The van der Waals surface area contributed by atoms with Crippen molar-refractivity contribution in [2.75, 3.05) is 20.3 Å². The molecule has 1 N–H and O–H groups in total. The van der Waals surface area contributed by atoms with Crippen LogP contribution in [0.5, 0.6) is 0 Å². The maximum absolute atomic E-state index is 11.6. The Balaban J connectivity index is 1.77. The van der Waals surface area contributed by atoms with E-state index in [-0.39, 0.29) is 5.91 Å². The molecule has 2 heterocycles. The van der Waals surface area contributed by atoms with Gasteiger partial charge >= 0.3 is 0 Å². The number of nitrogens with one attached hydrogen (secondary N) is 1. The molecule has 2 aromatic rings. The molecule has 0 aromatic carbocycles. The Morgan fingerprint density at radius 2 is 2.38 bits per heavy atom. The van der Waals surface area contributed by atoms with E-state index in [0.29, 0.717) is 37.7 Å². The first-order chi connectivity index (χ1) is 10.3. The van der Waals surface area contributed by atoms with Crippen molar-refractivity contribution < 1.29 is 14.1 Å². The molecule has 7 heteroatoms. The number of rotatable bonds is 8. The largest absolute Gasteiger partial charge is 0.385 e. The van der Waals surface area contributed by atoms with Gasteiger partial charge in [0.2, 0.25) is 17.6 Å². The summed E-state index contributed by atoms with van der Waals surface area (Å²) in [5, 5.41) is 6.68. The highest BCUT2D eigenvalue weighted by Crippen LogP contribution is 2.14. The van der Waals surface area contributed by atoms with Crippen molar-refractivity contribution in [3.8, 4) is 11.4 Å². The van der Waals surface area contributed by atoms with Crippen LogP contribution in [0.1, 0.15) is 18.7 Å². The van der Waals surface area contributed by atoms with E-state index in [2.05, 4.69) is 20.4 Å². The third-order valence-corrected chi connectivity index (χ3v) is 2.80. The number of aryl methyl sites for hydroxylation is 1. The summed E-state index contributed by atoms with van der Waals surface area (Å²) < 4.78 is 10.0. The Bertz CT molecular complexity index is 556. The minimum atomic E-state index is -0.0350. The van der Waals surface area contributed by atoms with E-state index in [9.17, 15) is 4.79 Å². The van der Waals surface area contributed by atoms with Crippen molar-refractivity contribution in [3.05, 3.63) is 30.4 Å². The van der Waals surface area contributed by atoms with Gasteiger partial charge in [0.25, 0.3) is 0 Å². The molecule has 2 aromatic heterocycles. The van der Waals surface area contributed by atoms with Gasteiger partial charge in [0, 0.05) is 51.1 Å². The summed E-state index contributed by atoms with van der Waals surface area (Å²) in [5.41, 5.74) is 0.788. The van der Waals surface area contributed by atoms with Crippen LogP contribution in [0.15, 0.2) is 29.0 Å². The van der Waals surface area contributed by atoms with Crippen molar-refractivity contribution in [3.63, 3.8) is 0 Å². The highest BCUT2D eigenvalue weighted by atomic mass is 16.5. The number of nitrogens with zero attached hydrogens (tertiary/aromatic N) is 3. The van der Waals surface area contributed by atoms with E-state index in [4.69, 9.17) is 9.26 Å². The summed E-state index contributed by atoms with van der Waals surface area (Å²) in [6, 6.07) is 3.66. The number of pyridine rings is 1. The van der Waals surface area contributed by atoms with Crippen LogP contribution >= 0.6 is 0 Å². The molecule has 7 nitrogen and oxygen atoms in total. The van der Waals surface area contributed by atoms with Crippen molar-refractivity contribution in [2.45, 2.75) is 19.3 Å². The molecule has 1 amide bonds. The van der Waals surface area contributed by atoms with E-state index < -0.39 is 0 Å². The van der Waals surface area contributed by atoms with Crippen LogP contribution in [0.4, 0.5) is 0 Å². The minimum Gasteiger partial charge on any atom is -0.385 e. The summed E-state index contributed by atoms with van der Waals surface area (Å²) >= 11 is 0. The van der Waals surface area contributed by atoms with Gasteiger partial charge in [0.15, 0.2) is 0 Å². The summed E-state index contributed by atoms with van der Waals surface area (Å²) in [6.45, 7) is 1.25. The Morgan fingerprint density at radius 1 is 1.48 bits per heavy atom. The first kappa shape index (κ1) is 15.1. The fourth-order valence-electron chi connectivity index (χ4n) is 1.72. The Labute approximate surface area is 122 Å². The number of carbonyl (C=O) groups excluding carboxylic acids is 1. The van der Waals surface area contributed by atoms with Crippen LogP contribution in [0, 0.1) is 0 Å². The zero-order valence-corrected chi connectivity index (χ0v) is 11.9. The molecular weight excluding hydrogens is 272 g/mol. The highest BCUT2D eigenvalue weighted by Gasteiger charge is 2.10. The second-order valence-corrected chi connectivity index (χ2v) is 4.45. The Morgan fingerprint density at radius 3 is 3.14 bits per heavy atom. The average molecular weight is 290 g/mol. The first-order valence-electron chi connectivity index (χ1n) is 6.78. The third-order valence-electron chi connectivity index (χ3n) is 2.80. The molecule has 0 saturated carbocycles. The topological polar surface area (TPSA) is 90.1 Å². The zero-order chi connectivity index (χ0) is 14.9. The summed E-state index contributed by atoms with van der Waals surface area (Å²) in [6.07, 6.45) is 4.88. The molecule has 0 saturated heterocycles. The van der Waals surface area contributed by atoms with Crippen LogP contribution in [0.25, 0.3) is 11.4 Å². The van der Waals surface area contributed by atoms with Crippen LogP contribution in [0.3, 0.4) is 0 Å². The number of aromatic nitrogens is 3. The van der Waals surface area contributed by atoms with Gasteiger partial charge in [0.05, 0.1) is 0 Å². The Hall–Kier alpha value is -2.28. The SMILES string of the molecule is COCCCNC(=O)CCc1nc(-c2cccnc2)no1. The van der Waals surface area contributed by atoms with Gasteiger partial charge in [0.1, 0.15) is 0 Å². The molecule has 0 spiro atoms. The molecule has 112 valence electrons. The quantitative estimate of drug-likeness (QED) is 0.735.